The van der Waals surface area contributed by atoms with Crippen LogP contribution in [0.25, 0.3) is 0 Å². The van der Waals surface area contributed by atoms with Crippen LogP contribution >= 0.6 is 0 Å². The van der Waals surface area contributed by atoms with E-state index in [2.05, 4.69) is 9.98 Å². The zero-order valence-corrected chi connectivity index (χ0v) is 18.6. The number of nitrogens with zero attached hydrogens (tertiary/aromatic N) is 3. The van der Waals surface area contributed by atoms with Crippen LogP contribution in [0.2, 0.25) is 0 Å². The molecule has 0 bridgehead atoms. The average molecular weight is 448 g/mol. The van der Waals surface area contributed by atoms with E-state index in [9.17, 15) is 29.1 Å². The summed E-state index contributed by atoms with van der Waals surface area (Å²) >= 11 is 0. The van der Waals surface area contributed by atoms with E-state index in [4.69, 9.17) is 5.11 Å². The van der Waals surface area contributed by atoms with Crippen LogP contribution in [0.5, 0.6) is 0 Å². The van der Waals surface area contributed by atoms with E-state index in [-0.39, 0.29) is 47.6 Å². The monoisotopic (exact) mass is 448 g/mol. The Hall–Kier alpha value is -3.50. The molecule has 0 spiro atoms. The number of H-pyrrole nitrogens is 1. The van der Waals surface area contributed by atoms with Crippen LogP contribution in [-0.4, -0.2) is 67.7 Å². The van der Waals surface area contributed by atoms with E-state index < -0.39 is 36.2 Å². The third-order valence-corrected chi connectivity index (χ3v) is 5.11. The number of amides is 1. The molecule has 2 rings (SSSR count). The molecule has 1 aliphatic carbocycles. The Bertz CT molecular complexity index is 1110. The lowest BCUT2D eigenvalue weighted by Crippen LogP contribution is -2.42. The summed E-state index contributed by atoms with van der Waals surface area (Å²) in [5.41, 5.74) is -0.971. The molecule has 0 saturated carbocycles. The van der Waals surface area contributed by atoms with Crippen LogP contribution in [0, 0.1) is 12.3 Å². The van der Waals surface area contributed by atoms with Crippen LogP contribution in [0.1, 0.15) is 39.2 Å². The predicted octanol–water partition coefficient (Wildman–Crippen LogP) is 0.420. The molecule has 0 aromatic carbocycles. The molecule has 0 saturated heterocycles. The lowest BCUT2D eigenvalue weighted by molar-refractivity contribution is -0.144. The molecule has 0 fully saturated rings. The second kappa shape index (κ2) is 9.75. The zero-order chi connectivity index (χ0) is 24.2. The summed E-state index contributed by atoms with van der Waals surface area (Å²) in [6.07, 6.45) is 1.85. The number of aliphatic hydroxyl groups is 1. The number of carboxylic acid groups (broad SMARTS) is 1. The van der Waals surface area contributed by atoms with Gasteiger partial charge in [-0.2, -0.15) is 0 Å². The number of aliphatic carboxylic acids is 1. The number of aromatic nitrogens is 2. The first kappa shape index (κ1) is 24.8. The van der Waals surface area contributed by atoms with Crippen LogP contribution in [0.3, 0.4) is 0 Å². The van der Waals surface area contributed by atoms with Crippen molar-refractivity contribution in [3.8, 4) is 0 Å². The van der Waals surface area contributed by atoms with Gasteiger partial charge in [0.1, 0.15) is 18.8 Å². The van der Waals surface area contributed by atoms with Crippen molar-refractivity contribution in [2.45, 2.75) is 47.1 Å². The number of aliphatic imine (C=N–C) groups is 1. The third kappa shape index (κ3) is 6.25. The highest BCUT2D eigenvalue weighted by molar-refractivity contribution is 6.22. The van der Waals surface area contributed by atoms with Crippen molar-refractivity contribution in [3.63, 3.8) is 0 Å². The number of aliphatic hydroxyl groups excluding tert-OH is 1. The van der Waals surface area contributed by atoms with Gasteiger partial charge < -0.3 is 15.1 Å². The SMILES string of the molecule is CC(=NCCN(CC(=O)O)C(=O)Cn1cc(C)c(=O)[nH]c1=O)C1=C(O)CC(C)(C)CC1=O. The van der Waals surface area contributed by atoms with Gasteiger partial charge in [0.2, 0.25) is 5.91 Å². The maximum atomic E-state index is 12.6. The predicted molar refractivity (Wildman–Crippen MR) is 116 cm³/mol. The van der Waals surface area contributed by atoms with E-state index in [1.165, 1.54) is 13.1 Å². The number of hydrogen-bond donors (Lipinski definition) is 3. The smallest absolute Gasteiger partial charge is 0.328 e. The number of hydrogen-bond acceptors (Lipinski definition) is 7. The van der Waals surface area contributed by atoms with Crippen molar-refractivity contribution >= 4 is 23.4 Å². The van der Waals surface area contributed by atoms with E-state index in [0.29, 0.717) is 12.1 Å². The Morgan fingerprint density at radius 3 is 2.50 bits per heavy atom. The number of carbonyl (C=O) groups is 3. The van der Waals surface area contributed by atoms with Gasteiger partial charge in [0, 0.05) is 36.9 Å². The van der Waals surface area contributed by atoms with Gasteiger partial charge in [0.25, 0.3) is 5.56 Å². The van der Waals surface area contributed by atoms with Crippen molar-refractivity contribution in [2.75, 3.05) is 19.6 Å². The molecule has 1 aromatic heterocycles. The standard InChI is InChI=1S/C21H28N4O7/c1-12-9-25(20(32)23-19(12)31)10-16(28)24(11-17(29)30)6-5-22-13(2)18-14(26)7-21(3,4)8-15(18)27/h9,26H,5-8,10-11H2,1-4H3,(H,29,30)(H,23,31,32). The molecule has 0 atom stereocenters. The first-order valence-electron chi connectivity index (χ1n) is 10.1. The minimum absolute atomic E-state index is 0.00213. The quantitative estimate of drug-likeness (QED) is 0.485. The maximum absolute atomic E-state index is 12.6. The molecule has 1 heterocycles. The lowest BCUT2D eigenvalue weighted by Gasteiger charge is -2.29. The molecule has 1 aliphatic rings. The molecular formula is C21H28N4O7. The minimum Gasteiger partial charge on any atom is -0.511 e. The summed E-state index contributed by atoms with van der Waals surface area (Å²) in [4.78, 5) is 66.9. The number of nitrogens with one attached hydrogen (secondary N) is 1. The van der Waals surface area contributed by atoms with E-state index in [1.807, 2.05) is 13.8 Å². The van der Waals surface area contributed by atoms with Crippen molar-refractivity contribution in [3.05, 3.63) is 43.9 Å². The van der Waals surface area contributed by atoms with E-state index >= 15 is 0 Å². The van der Waals surface area contributed by atoms with Gasteiger partial charge in [0.15, 0.2) is 5.78 Å². The Morgan fingerprint density at radius 2 is 1.91 bits per heavy atom. The van der Waals surface area contributed by atoms with Gasteiger partial charge in [-0.1, -0.05) is 13.8 Å². The zero-order valence-electron chi connectivity index (χ0n) is 18.6. The van der Waals surface area contributed by atoms with Gasteiger partial charge >= 0.3 is 11.7 Å². The van der Waals surface area contributed by atoms with Gasteiger partial charge in [-0.05, 0) is 19.3 Å². The fourth-order valence-corrected chi connectivity index (χ4v) is 3.55. The van der Waals surface area contributed by atoms with Crippen LogP contribution in [0.15, 0.2) is 32.1 Å². The van der Waals surface area contributed by atoms with Gasteiger partial charge in [-0.3, -0.25) is 33.7 Å². The molecule has 11 heteroatoms. The van der Waals surface area contributed by atoms with Gasteiger partial charge in [-0.15, -0.1) is 0 Å². The number of carboxylic acids is 1. The highest BCUT2D eigenvalue weighted by atomic mass is 16.4. The molecule has 0 radical (unpaired) electrons. The fraction of sp³-hybridized carbons (Fsp3) is 0.524. The number of allylic oxidation sites excluding steroid dienone is 2. The molecule has 174 valence electrons. The number of Topliss-reactive ketones (excluding diaryl/α,β-unsaturated/α-hetero) is 1. The van der Waals surface area contributed by atoms with Gasteiger partial charge in [0.05, 0.1) is 12.1 Å². The molecule has 1 aromatic rings. The van der Waals surface area contributed by atoms with Gasteiger partial charge in [-0.25, -0.2) is 4.79 Å². The number of aromatic amines is 1. The highest BCUT2D eigenvalue weighted by Gasteiger charge is 2.34. The summed E-state index contributed by atoms with van der Waals surface area (Å²) in [6.45, 7) is 5.68. The van der Waals surface area contributed by atoms with Crippen LogP contribution in [0.4, 0.5) is 0 Å². The minimum atomic E-state index is -1.24. The fourth-order valence-electron chi connectivity index (χ4n) is 3.55. The molecule has 0 aliphatic heterocycles. The average Bonchev–Trinajstić information content (AvgIpc) is 2.63. The number of ketones is 1. The molecule has 3 N–H and O–H groups in total. The molecule has 32 heavy (non-hydrogen) atoms. The lowest BCUT2D eigenvalue weighted by atomic mass is 9.76. The second-order valence-corrected chi connectivity index (χ2v) is 8.64. The van der Waals surface area contributed by atoms with Crippen LogP contribution in [-0.2, 0) is 20.9 Å². The normalized spacial score (nSPS) is 16.2. The summed E-state index contributed by atoms with van der Waals surface area (Å²) < 4.78 is 0.994. The Kier molecular flexibility index (Phi) is 7.55. The van der Waals surface area contributed by atoms with Crippen molar-refractivity contribution < 1.29 is 24.6 Å². The number of rotatable bonds is 8. The van der Waals surface area contributed by atoms with Crippen molar-refractivity contribution in [1.29, 1.82) is 0 Å². The molecular weight excluding hydrogens is 420 g/mol. The van der Waals surface area contributed by atoms with E-state index in [0.717, 1.165) is 9.47 Å². The van der Waals surface area contributed by atoms with Crippen molar-refractivity contribution in [1.82, 2.24) is 14.5 Å². The number of carbonyl (C=O) groups excluding carboxylic acids is 2. The summed E-state index contributed by atoms with van der Waals surface area (Å²) in [6, 6.07) is 0. The third-order valence-electron chi connectivity index (χ3n) is 5.11. The highest BCUT2D eigenvalue weighted by Crippen LogP contribution is 2.36. The molecule has 0 unspecified atom stereocenters. The summed E-state index contributed by atoms with van der Waals surface area (Å²) in [7, 11) is 0. The first-order valence-corrected chi connectivity index (χ1v) is 10.1. The second-order valence-electron chi connectivity index (χ2n) is 8.64. The van der Waals surface area contributed by atoms with Crippen molar-refractivity contribution in [2.24, 2.45) is 10.4 Å². The molecule has 11 nitrogen and oxygen atoms in total. The van der Waals surface area contributed by atoms with Crippen LogP contribution < -0.4 is 11.2 Å². The Morgan fingerprint density at radius 1 is 1.25 bits per heavy atom. The first-order chi connectivity index (χ1) is 14.8. The van der Waals surface area contributed by atoms with E-state index in [1.54, 1.807) is 6.92 Å². The molecule has 1 amide bonds. The largest absolute Gasteiger partial charge is 0.511 e. The topological polar surface area (TPSA) is 162 Å². The summed E-state index contributed by atoms with van der Waals surface area (Å²) in [5.74, 6) is -2.13. The Labute approximate surface area is 184 Å². The maximum Gasteiger partial charge on any atom is 0.328 e. The number of aryl methyl sites for hydroxylation is 1. The Balaban J connectivity index is 2.14. The summed E-state index contributed by atoms with van der Waals surface area (Å²) in [5, 5.41) is 19.4.